The summed E-state index contributed by atoms with van der Waals surface area (Å²) in [6, 6.07) is 0. The summed E-state index contributed by atoms with van der Waals surface area (Å²) in [5, 5.41) is 0. The fourth-order valence-corrected chi connectivity index (χ4v) is 3.26. The minimum atomic E-state index is -0.748. The average Bonchev–Trinajstić information content (AvgIpc) is 2.66. The largest absolute Gasteiger partial charge is 0.362 e. The molecule has 0 unspecified atom stereocenters. The van der Waals surface area contributed by atoms with Crippen LogP contribution >= 0.6 is 0 Å². The van der Waals surface area contributed by atoms with Crippen LogP contribution in [0.5, 0.6) is 0 Å². The van der Waals surface area contributed by atoms with Gasteiger partial charge in [0.1, 0.15) is 0 Å². The van der Waals surface area contributed by atoms with Gasteiger partial charge in [-0.3, -0.25) is 4.79 Å². The molecule has 0 saturated heterocycles. The van der Waals surface area contributed by atoms with Gasteiger partial charge in [-0.2, -0.15) is 0 Å². The van der Waals surface area contributed by atoms with E-state index in [2.05, 4.69) is 0 Å². The number of carbonyl (C=O) groups excluding carboxylic acids is 1. The predicted molar refractivity (Wildman–Crippen MR) is 68.8 cm³/mol. The van der Waals surface area contributed by atoms with Crippen molar-refractivity contribution in [3.05, 3.63) is 23.3 Å². The molecule has 17 heavy (non-hydrogen) atoms. The maximum absolute atomic E-state index is 12.8. The number of carbonyl (C=O) groups is 1. The van der Waals surface area contributed by atoms with Gasteiger partial charge in [-0.1, -0.05) is 31.4 Å². The SMILES string of the molecule is COC1(C(=O)C2CCCCC2)C(C)=CC=C1C. The number of hydrogen-bond donors (Lipinski definition) is 0. The topological polar surface area (TPSA) is 26.3 Å². The minimum absolute atomic E-state index is 0.188. The Labute approximate surface area is 104 Å². The Balaban J connectivity index is 2.26. The molecule has 0 N–H and O–H groups in total. The molecule has 0 heterocycles. The Morgan fingerprint density at radius 2 is 1.71 bits per heavy atom. The summed E-state index contributed by atoms with van der Waals surface area (Å²) in [4.78, 5) is 12.8. The highest BCUT2D eigenvalue weighted by Crippen LogP contribution is 2.40. The molecule has 0 aliphatic heterocycles. The molecule has 2 rings (SSSR count). The summed E-state index contributed by atoms with van der Waals surface area (Å²) >= 11 is 0. The molecule has 0 aromatic heterocycles. The van der Waals surface area contributed by atoms with Gasteiger partial charge in [-0.15, -0.1) is 0 Å². The first-order valence-corrected chi connectivity index (χ1v) is 6.58. The van der Waals surface area contributed by atoms with E-state index in [0.717, 1.165) is 24.0 Å². The lowest BCUT2D eigenvalue weighted by Crippen LogP contribution is -2.45. The van der Waals surface area contributed by atoms with E-state index in [1.165, 1.54) is 19.3 Å². The second kappa shape index (κ2) is 4.77. The quantitative estimate of drug-likeness (QED) is 0.748. The molecule has 2 aliphatic rings. The Kier molecular flexibility index (Phi) is 3.53. The van der Waals surface area contributed by atoms with Crippen LogP contribution < -0.4 is 0 Å². The molecule has 2 nitrogen and oxygen atoms in total. The van der Waals surface area contributed by atoms with Gasteiger partial charge in [0.25, 0.3) is 0 Å². The van der Waals surface area contributed by atoms with Crippen molar-refractivity contribution in [2.24, 2.45) is 5.92 Å². The van der Waals surface area contributed by atoms with Crippen LogP contribution in [0.15, 0.2) is 23.3 Å². The average molecular weight is 234 g/mol. The van der Waals surface area contributed by atoms with Crippen molar-refractivity contribution in [2.75, 3.05) is 7.11 Å². The zero-order valence-electron chi connectivity index (χ0n) is 11.1. The van der Waals surface area contributed by atoms with E-state index >= 15 is 0 Å². The molecule has 2 aliphatic carbocycles. The number of allylic oxidation sites excluding steroid dienone is 2. The zero-order chi connectivity index (χ0) is 12.5. The Hall–Kier alpha value is -0.890. The molecule has 0 spiro atoms. The third-order valence-corrected chi connectivity index (χ3v) is 4.32. The third-order valence-electron chi connectivity index (χ3n) is 4.32. The van der Waals surface area contributed by atoms with Crippen LogP contribution in [-0.4, -0.2) is 18.5 Å². The molecule has 1 saturated carbocycles. The van der Waals surface area contributed by atoms with E-state index in [-0.39, 0.29) is 11.7 Å². The van der Waals surface area contributed by atoms with Crippen LogP contribution in [0.1, 0.15) is 46.0 Å². The highest BCUT2D eigenvalue weighted by molar-refractivity contribution is 5.97. The van der Waals surface area contributed by atoms with Gasteiger partial charge in [0, 0.05) is 13.0 Å². The van der Waals surface area contributed by atoms with Crippen molar-refractivity contribution in [3.8, 4) is 0 Å². The molecule has 0 aromatic carbocycles. The van der Waals surface area contributed by atoms with Crippen molar-refractivity contribution in [3.63, 3.8) is 0 Å². The van der Waals surface area contributed by atoms with E-state index in [1.807, 2.05) is 26.0 Å². The van der Waals surface area contributed by atoms with Crippen LogP contribution in [0.2, 0.25) is 0 Å². The van der Waals surface area contributed by atoms with Crippen LogP contribution in [0.3, 0.4) is 0 Å². The van der Waals surface area contributed by atoms with E-state index in [0.29, 0.717) is 0 Å². The number of Topliss-reactive ketones (excluding diaryl/α,β-unsaturated/α-hetero) is 1. The van der Waals surface area contributed by atoms with Crippen molar-refractivity contribution in [1.82, 2.24) is 0 Å². The van der Waals surface area contributed by atoms with Crippen molar-refractivity contribution in [2.45, 2.75) is 51.6 Å². The number of methoxy groups -OCH3 is 1. The van der Waals surface area contributed by atoms with Crippen LogP contribution in [0.4, 0.5) is 0 Å². The number of ether oxygens (including phenoxy) is 1. The maximum atomic E-state index is 12.8. The van der Waals surface area contributed by atoms with Crippen LogP contribution in [0, 0.1) is 5.92 Å². The lowest BCUT2D eigenvalue weighted by atomic mass is 9.75. The predicted octanol–water partition coefficient (Wildman–Crippen LogP) is 3.43. The number of ketones is 1. The highest BCUT2D eigenvalue weighted by Gasteiger charge is 2.46. The fourth-order valence-electron chi connectivity index (χ4n) is 3.26. The summed E-state index contributed by atoms with van der Waals surface area (Å²) in [5.74, 6) is 0.466. The lowest BCUT2D eigenvalue weighted by Gasteiger charge is -2.35. The molecule has 0 aromatic rings. The molecular weight excluding hydrogens is 212 g/mol. The molecule has 2 heteroatoms. The first-order valence-electron chi connectivity index (χ1n) is 6.58. The smallest absolute Gasteiger partial charge is 0.176 e. The molecule has 0 atom stereocenters. The van der Waals surface area contributed by atoms with Crippen molar-refractivity contribution < 1.29 is 9.53 Å². The fraction of sp³-hybridized carbons (Fsp3) is 0.667. The number of rotatable bonds is 3. The zero-order valence-corrected chi connectivity index (χ0v) is 11.1. The highest BCUT2D eigenvalue weighted by atomic mass is 16.5. The van der Waals surface area contributed by atoms with Gasteiger partial charge >= 0.3 is 0 Å². The van der Waals surface area contributed by atoms with Gasteiger partial charge in [0.05, 0.1) is 0 Å². The second-order valence-corrected chi connectivity index (χ2v) is 5.28. The van der Waals surface area contributed by atoms with Crippen molar-refractivity contribution >= 4 is 5.78 Å². The van der Waals surface area contributed by atoms with Gasteiger partial charge in [0.15, 0.2) is 11.4 Å². The standard InChI is InChI=1S/C15H22O2/c1-11-9-10-12(2)15(11,17-3)14(16)13-7-5-4-6-8-13/h9-10,13H,4-8H2,1-3H3. The molecular formula is C15H22O2. The molecule has 94 valence electrons. The molecule has 0 radical (unpaired) electrons. The van der Waals surface area contributed by atoms with Gasteiger partial charge in [-0.25, -0.2) is 0 Å². The lowest BCUT2D eigenvalue weighted by molar-refractivity contribution is -0.138. The summed E-state index contributed by atoms with van der Waals surface area (Å²) in [5.41, 5.74) is 1.32. The Bertz CT molecular complexity index is 352. The monoisotopic (exact) mass is 234 g/mol. The van der Waals surface area contributed by atoms with E-state index in [4.69, 9.17) is 4.74 Å². The van der Waals surface area contributed by atoms with Gasteiger partial charge < -0.3 is 4.74 Å². The van der Waals surface area contributed by atoms with E-state index < -0.39 is 5.60 Å². The van der Waals surface area contributed by atoms with E-state index in [9.17, 15) is 4.79 Å². The Morgan fingerprint density at radius 1 is 1.18 bits per heavy atom. The molecule has 1 fully saturated rings. The van der Waals surface area contributed by atoms with Crippen LogP contribution in [0.25, 0.3) is 0 Å². The second-order valence-electron chi connectivity index (χ2n) is 5.28. The van der Waals surface area contributed by atoms with Crippen molar-refractivity contribution in [1.29, 1.82) is 0 Å². The van der Waals surface area contributed by atoms with E-state index in [1.54, 1.807) is 7.11 Å². The third kappa shape index (κ3) is 1.89. The van der Waals surface area contributed by atoms with Crippen LogP contribution in [-0.2, 0) is 9.53 Å². The normalized spacial score (nSPS) is 24.4. The molecule has 0 amide bonds. The minimum Gasteiger partial charge on any atom is -0.362 e. The summed E-state index contributed by atoms with van der Waals surface area (Å²) in [6.45, 7) is 3.99. The number of hydrogen-bond acceptors (Lipinski definition) is 2. The first-order chi connectivity index (χ1) is 8.13. The summed E-state index contributed by atoms with van der Waals surface area (Å²) in [6.07, 6.45) is 9.73. The van der Waals surface area contributed by atoms with Gasteiger partial charge in [0.2, 0.25) is 0 Å². The first kappa shape index (κ1) is 12.6. The summed E-state index contributed by atoms with van der Waals surface area (Å²) < 4.78 is 5.65. The Morgan fingerprint density at radius 3 is 2.18 bits per heavy atom. The molecule has 0 bridgehead atoms. The summed E-state index contributed by atoms with van der Waals surface area (Å²) in [7, 11) is 1.65. The van der Waals surface area contributed by atoms with Gasteiger partial charge in [-0.05, 0) is 37.8 Å². The maximum Gasteiger partial charge on any atom is 0.176 e.